The normalized spacial score (nSPS) is 18.0. The van der Waals surface area contributed by atoms with E-state index in [0.29, 0.717) is 6.54 Å². The van der Waals surface area contributed by atoms with Gasteiger partial charge in [0, 0.05) is 25.7 Å². The Morgan fingerprint density at radius 2 is 1.92 bits per heavy atom. The summed E-state index contributed by atoms with van der Waals surface area (Å²) < 4.78 is 5.61. The fourth-order valence-electron chi connectivity index (χ4n) is 3.42. The van der Waals surface area contributed by atoms with Gasteiger partial charge in [-0.2, -0.15) is 0 Å². The molecule has 2 aromatic rings. The van der Waals surface area contributed by atoms with Gasteiger partial charge < -0.3 is 15.1 Å². The Hall–Kier alpha value is -2.60. The second-order valence-electron chi connectivity index (χ2n) is 6.98. The van der Waals surface area contributed by atoms with Crippen LogP contribution in [0.2, 0.25) is 0 Å². The minimum atomic E-state index is -0.578. The first-order valence-electron chi connectivity index (χ1n) is 9.13. The van der Waals surface area contributed by atoms with Crippen LogP contribution in [0.15, 0.2) is 47.1 Å². The molecule has 0 bridgehead atoms. The van der Waals surface area contributed by atoms with Crippen molar-refractivity contribution in [3.8, 4) is 0 Å². The minimum Gasteiger partial charge on any atom is -0.468 e. The fraction of sp³-hybridized carbons (Fsp3) is 0.400. The number of carbonyl (C=O) groups excluding carboxylic acids is 2. The van der Waals surface area contributed by atoms with Gasteiger partial charge in [0.05, 0.1) is 12.3 Å². The Morgan fingerprint density at radius 1 is 1.12 bits per heavy atom. The summed E-state index contributed by atoms with van der Waals surface area (Å²) in [4.78, 5) is 26.3. The third kappa shape index (κ3) is 3.80. The van der Waals surface area contributed by atoms with Crippen LogP contribution >= 0.6 is 0 Å². The summed E-state index contributed by atoms with van der Waals surface area (Å²) in [5.74, 6) is -0.326. The SMILES string of the molecule is O=C(NCC(c1ccco1)N1CCc2ccccc2C1)C(=O)NC1CC1. The third-order valence-electron chi connectivity index (χ3n) is 5.05. The Balaban J connectivity index is 1.43. The zero-order valence-electron chi connectivity index (χ0n) is 14.6. The van der Waals surface area contributed by atoms with Crippen LogP contribution in [0.3, 0.4) is 0 Å². The number of nitrogens with zero attached hydrogens (tertiary/aromatic N) is 1. The van der Waals surface area contributed by atoms with E-state index in [9.17, 15) is 9.59 Å². The van der Waals surface area contributed by atoms with Crippen LogP contribution in [-0.4, -0.2) is 35.8 Å². The first-order valence-corrected chi connectivity index (χ1v) is 9.13. The molecule has 0 radical (unpaired) electrons. The van der Waals surface area contributed by atoms with E-state index in [1.54, 1.807) is 6.26 Å². The standard InChI is InChI=1S/C20H23N3O3/c24-19(20(25)22-16-7-8-16)21-12-17(18-6-3-11-26-18)23-10-9-14-4-1-2-5-15(14)13-23/h1-6,11,16-17H,7-10,12-13H2,(H,21,24)(H,22,25). The van der Waals surface area contributed by atoms with Crippen molar-refractivity contribution in [1.82, 2.24) is 15.5 Å². The molecule has 1 saturated carbocycles. The van der Waals surface area contributed by atoms with Gasteiger partial charge in [0.2, 0.25) is 0 Å². The van der Waals surface area contributed by atoms with Crippen molar-refractivity contribution in [2.24, 2.45) is 0 Å². The lowest BCUT2D eigenvalue weighted by atomic mass is 9.98. The highest BCUT2D eigenvalue weighted by atomic mass is 16.3. The van der Waals surface area contributed by atoms with E-state index in [1.807, 2.05) is 18.2 Å². The van der Waals surface area contributed by atoms with Gasteiger partial charge in [-0.25, -0.2) is 0 Å². The summed E-state index contributed by atoms with van der Waals surface area (Å²) in [5.41, 5.74) is 2.67. The van der Waals surface area contributed by atoms with Gasteiger partial charge in [0.1, 0.15) is 5.76 Å². The molecule has 2 heterocycles. The van der Waals surface area contributed by atoms with Crippen molar-refractivity contribution < 1.29 is 14.0 Å². The molecule has 4 rings (SSSR count). The molecule has 1 aromatic heterocycles. The molecule has 1 unspecified atom stereocenters. The maximum absolute atomic E-state index is 12.1. The van der Waals surface area contributed by atoms with E-state index in [1.165, 1.54) is 11.1 Å². The topological polar surface area (TPSA) is 74.6 Å². The quantitative estimate of drug-likeness (QED) is 0.804. The van der Waals surface area contributed by atoms with Gasteiger partial charge in [-0.1, -0.05) is 24.3 Å². The summed E-state index contributed by atoms with van der Waals surface area (Å²) >= 11 is 0. The van der Waals surface area contributed by atoms with E-state index in [4.69, 9.17) is 4.42 Å². The van der Waals surface area contributed by atoms with E-state index < -0.39 is 11.8 Å². The van der Waals surface area contributed by atoms with E-state index in [-0.39, 0.29) is 12.1 Å². The number of hydrogen-bond donors (Lipinski definition) is 2. The molecule has 6 heteroatoms. The molecule has 136 valence electrons. The third-order valence-corrected chi connectivity index (χ3v) is 5.05. The van der Waals surface area contributed by atoms with Crippen molar-refractivity contribution in [3.05, 3.63) is 59.5 Å². The molecular weight excluding hydrogens is 330 g/mol. The second kappa shape index (κ2) is 7.33. The highest BCUT2D eigenvalue weighted by molar-refractivity contribution is 6.35. The largest absolute Gasteiger partial charge is 0.468 e. The molecular formula is C20H23N3O3. The average Bonchev–Trinajstić information content (AvgIpc) is 3.31. The summed E-state index contributed by atoms with van der Waals surface area (Å²) in [5, 5.41) is 5.49. The molecule has 2 aliphatic rings. The maximum atomic E-state index is 12.1. The molecule has 1 aliphatic carbocycles. The monoisotopic (exact) mass is 353 g/mol. The van der Waals surface area contributed by atoms with Gasteiger partial charge in [0.15, 0.2) is 0 Å². The molecule has 0 spiro atoms. The maximum Gasteiger partial charge on any atom is 0.309 e. The van der Waals surface area contributed by atoms with E-state index in [2.05, 4.69) is 33.7 Å². The average molecular weight is 353 g/mol. The second-order valence-corrected chi connectivity index (χ2v) is 6.98. The zero-order valence-corrected chi connectivity index (χ0v) is 14.6. The smallest absolute Gasteiger partial charge is 0.309 e. The zero-order chi connectivity index (χ0) is 17.9. The Morgan fingerprint density at radius 3 is 2.65 bits per heavy atom. The van der Waals surface area contributed by atoms with Crippen LogP contribution in [0.4, 0.5) is 0 Å². The Bertz CT molecular complexity index is 783. The summed E-state index contributed by atoms with van der Waals surface area (Å²) in [6.45, 7) is 2.02. The van der Waals surface area contributed by atoms with Gasteiger partial charge in [0.25, 0.3) is 0 Å². The number of amides is 2. The minimum absolute atomic E-state index is 0.101. The van der Waals surface area contributed by atoms with Gasteiger partial charge in [-0.3, -0.25) is 14.5 Å². The van der Waals surface area contributed by atoms with Crippen LogP contribution in [0, 0.1) is 0 Å². The first kappa shape index (κ1) is 16.8. The van der Waals surface area contributed by atoms with Crippen molar-refractivity contribution in [1.29, 1.82) is 0 Å². The molecule has 6 nitrogen and oxygen atoms in total. The molecule has 26 heavy (non-hydrogen) atoms. The molecule has 1 atom stereocenters. The van der Waals surface area contributed by atoms with Crippen molar-refractivity contribution >= 4 is 11.8 Å². The Labute approximate surface area is 152 Å². The van der Waals surface area contributed by atoms with Crippen molar-refractivity contribution in [2.45, 2.75) is 37.9 Å². The van der Waals surface area contributed by atoms with Crippen molar-refractivity contribution in [3.63, 3.8) is 0 Å². The molecule has 1 fully saturated rings. The van der Waals surface area contributed by atoms with E-state index >= 15 is 0 Å². The molecule has 1 aliphatic heterocycles. The predicted molar refractivity (Wildman–Crippen MR) is 96.2 cm³/mol. The van der Waals surface area contributed by atoms with Crippen LogP contribution in [0.1, 0.15) is 35.8 Å². The number of nitrogens with one attached hydrogen (secondary N) is 2. The lowest BCUT2D eigenvalue weighted by Crippen LogP contribution is -2.45. The van der Waals surface area contributed by atoms with Gasteiger partial charge in [-0.15, -0.1) is 0 Å². The van der Waals surface area contributed by atoms with Crippen LogP contribution in [0.25, 0.3) is 0 Å². The Kier molecular flexibility index (Phi) is 4.75. The summed E-state index contributed by atoms with van der Waals surface area (Å²) in [7, 11) is 0. The highest BCUT2D eigenvalue weighted by Crippen LogP contribution is 2.27. The summed E-state index contributed by atoms with van der Waals surface area (Å²) in [6.07, 6.45) is 4.52. The van der Waals surface area contributed by atoms with Gasteiger partial charge in [-0.05, 0) is 42.5 Å². The lowest BCUT2D eigenvalue weighted by molar-refractivity contribution is -0.139. The first-order chi connectivity index (χ1) is 12.7. The summed E-state index contributed by atoms with van der Waals surface area (Å²) in [6, 6.07) is 12.3. The van der Waals surface area contributed by atoms with Gasteiger partial charge >= 0.3 is 11.8 Å². The number of furan rings is 1. The molecule has 2 N–H and O–H groups in total. The number of hydrogen-bond acceptors (Lipinski definition) is 4. The molecule has 1 aromatic carbocycles. The lowest BCUT2D eigenvalue weighted by Gasteiger charge is -2.34. The number of fused-ring (bicyclic) bond motifs is 1. The fourth-order valence-corrected chi connectivity index (χ4v) is 3.42. The van der Waals surface area contributed by atoms with Crippen LogP contribution in [-0.2, 0) is 22.6 Å². The van der Waals surface area contributed by atoms with Crippen LogP contribution in [0.5, 0.6) is 0 Å². The number of benzene rings is 1. The molecule has 2 amide bonds. The highest BCUT2D eigenvalue weighted by Gasteiger charge is 2.29. The van der Waals surface area contributed by atoms with E-state index in [0.717, 1.165) is 38.1 Å². The number of carbonyl (C=O) groups is 2. The van der Waals surface area contributed by atoms with Crippen molar-refractivity contribution in [2.75, 3.05) is 13.1 Å². The van der Waals surface area contributed by atoms with Crippen LogP contribution < -0.4 is 10.6 Å². The molecule has 0 saturated heterocycles. The predicted octanol–water partition coefficient (Wildman–Crippen LogP) is 1.77. The number of rotatable bonds is 5.